The van der Waals surface area contributed by atoms with Gasteiger partial charge in [0.15, 0.2) is 0 Å². The van der Waals surface area contributed by atoms with E-state index in [1.54, 1.807) is 0 Å². The first-order chi connectivity index (χ1) is 8.83. The summed E-state index contributed by atoms with van der Waals surface area (Å²) in [6, 6.07) is 9.54. The Morgan fingerprint density at radius 3 is 2.50 bits per heavy atom. The zero-order chi connectivity index (χ0) is 13.1. The highest BCUT2D eigenvalue weighted by atomic mass is 32.1. The van der Waals surface area contributed by atoms with E-state index in [0.717, 1.165) is 5.75 Å². The SMILES string of the molecule is O=C(CCS)OCCOCCOc1ccccc1. The molecule has 0 bridgehead atoms. The van der Waals surface area contributed by atoms with E-state index in [2.05, 4.69) is 12.6 Å². The Morgan fingerprint density at radius 2 is 1.78 bits per heavy atom. The van der Waals surface area contributed by atoms with Crippen LogP contribution in [0.5, 0.6) is 5.75 Å². The van der Waals surface area contributed by atoms with Gasteiger partial charge in [0.1, 0.15) is 19.0 Å². The van der Waals surface area contributed by atoms with Gasteiger partial charge in [-0.05, 0) is 12.1 Å². The van der Waals surface area contributed by atoms with Gasteiger partial charge in [0.2, 0.25) is 0 Å². The Hall–Kier alpha value is -1.20. The van der Waals surface area contributed by atoms with Crippen molar-refractivity contribution in [3.8, 4) is 5.75 Å². The Morgan fingerprint density at radius 1 is 1.06 bits per heavy atom. The third-order valence-electron chi connectivity index (χ3n) is 2.05. The molecule has 0 aliphatic heterocycles. The first-order valence-corrected chi connectivity index (χ1v) is 6.48. The smallest absolute Gasteiger partial charge is 0.306 e. The number of ether oxygens (including phenoxy) is 3. The summed E-state index contributed by atoms with van der Waals surface area (Å²) < 4.78 is 15.6. The van der Waals surface area contributed by atoms with Crippen molar-refractivity contribution in [2.75, 3.05) is 32.2 Å². The monoisotopic (exact) mass is 270 g/mol. The van der Waals surface area contributed by atoms with Crippen molar-refractivity contribution in [2.45, 2.75) is 6.42 Å². The molecule has 18 heavy (non-hydrogen) atoms. The van der Waals surface area contributed by atoms with Crippen LogP contribution in [0.4, 0.5) is 0 Å². The van der Waals surface area contributed by atoms with Crippen LogP contribution in [0.1, 0.15) is 6.42 Å². The van der Waals surface area contributed by atoms with Gasteiger partial charge in [-0.25, -0.2) is 0 Å². The van der Waals surface area contributed by atoms with E-state index in [9.17, 15) is 4.79 Å². The summed E-state index contributed by atoms with van der Waals surface area (Å²) in [4.78, 5) is 11.0. The van der Waals surface area contributed by atoms with Crippen molar-refractivity contribution in [3.63, 3.8) is 0 Å². The van der Waals surface area contributed by atoms with Crippen molar-refractivity contribution in [1.82, 2.24) is 0 Å². The predicted molar refractivity (Wildman–Crippen MR) is 72.2 cm³/mol. The highest BCUT2D eigenvalue weighted by Crippen LogP contribution is 2.07. The molecule has 0 aromatic heterocycles. The molecule has 0 spiro atoms. The van der Waals surface area contributed by atoms with Crippen LogP contribution in [0.2, 0.25) is 0 Å². The summed E-state index contributed by atoms with van der Waals surface area (Å²) >= 11 is 3.94. The first kappa shape index (κ1) is 14.9. The molecule has 0 heterocycles. The first-order valence-electron chi connectivity index (χ1n) is 5.85. The molecule has 5 heteroatoms. The lowest BCUT2D eigenvalue weighted by molar-refractivity contribution is -0.144. The molecule has 1 rings (SSSR count). The van der Waals surface area contributed by atoms with Crippen molar-refractivity contribution in [3.05, 3.63) is 30.3 Å². The van der Waals surface area contributed by atoms with E-state index < -0.39 is 0 Å². The second kappa shape index (κ2) is 9.79. The number of hydrogen-bond acceptors (Lipinski definition) is 5. The van der Waals surface area contributed by atoms with Crippen LogP contribution in [0.15, 0.2) is 30.3 Å². The van der Waals surface area contributed by atoms with Crippen LogP contribution in [-0.2, 0) is 14.3 Å². The van der Waals surface area contributed by atoms with Crippen molar-refractivity contribution >= 4 is 18.6 Å². The molecule has 0 saturated heterocycles. The van der Waals surface area contributed by atoms with E-state index in [0.29, 0.717) is 32.0 Å². The molecule has 0 aliphatic rings. The maximum absolute atomic E-state index is 11.0. The molecule has 4 nitrogen and oxygen atoms in total. The predicted octanol–water partition coefficient (Wildman–Crippen LogP) is 1.95. The third kappa shape index (κ3) is 7.19. The molecule has 0 amide bonds. The lowest BCUT2D eigenvalue weighted by Gasteiger charge is -2.07. The van der Waals surface area contributed by atoms with Gasteiger partial charge in [0.25, 0.3) is 0 Å². The fraction of sp³-hybridized carbons (Fsp3) is 0.462. The van der Waals surface area contributed by atoms with E-state index in [1.807, 2.05) is 30.3 Å². The Bertz CT molecular complexity index is 329. The number of rotatable bonds is 9. The summed E-state index contributed by atoms with van der Waals surface area (Å²) in [5.41, 5.74) is 0. The van der Waals surface area contributed by atoms with Crippen LogP contribution in [0.25, 0.3) is 0 Å². The van der Waals surface area contributed by atoms with Crippen LogP contribution >= 0.6 is 12.6 Å². The van der Waals surface area contributed by atoms with Gasteiger partial charge in [-0.3, -0.25) is 4.79 Å². The number of carbonyl (C=O) groups excluding carboxylic acids is 1. The molecule has 100 valence electrons. The standard InChI is InChI=1S/C13H18O4S/c14-13(6-11-18)17-10-8-15-7-9-16-12-4-2-1-3-5-12/h1-5,18H,6-11H2. The van der Waals surface area contributed by atoms with Crippen LogP contribution in [-0.4, -0.2) is 38.1 Å². The Kier molecular flexibility index (Phi) is 8.08. The number of esters is 1. The summed E-state index contributed by atoms with van der Waals surface area (Å²) in [5.74, 6) is 1.08. The fourth-order valence-electron chi connectivity index (χ4n) is 1.22. The van der Waals surface area contributed by atoms with Gasteiger partial charge in [0, 0.05) is 5.75 Å². The number of benzene rings is 1. The van der Waals surface area contributed by atoms with Gasteiger partial charge in [-0.1, -0.05) is 18.2 Å². The molecule has 0 fully saturated rings. The van der Waals surface area contributed by atoms with Crippen molar-refractivity contribution < 1.29 is 19.0 Å². The molecular formula is C13H18O4S. The zero-order valence-electron chi connectivity index (χ0n) is 10.2. The Labute approximate surface area is 113 Å². The summed E-state index contributed by atoms with van der Waals surface area (Å²) in [5, 5.41) is 0. The molecule has 0 N–H and O–H groups in total. The molecule has 0 unspecified atom stereocenters. The van der Waals surface area contributed by atoms with Gasteiger partial charge in [-0.15, -0.1) is 0 Å². The van der Waals surface area contributed by atoms with Gasteiger partial charge in [-0.2, -0.15) is 12.6 Å². The second-order valence-electron chi connectivity index (χ2n) is 3.47. The second-order valence-corrected chi connectivity index (χ2v) is 3.92. The minimum Gasteiger partial charge on any atom is -0.491 e. The molecule has 0 saturated carbocycles. The van der Waals surface area contributed by atoms with E-state index in [1.165, 1.54) is 0 Å². The van der Waals surface area contributed by atoms with E-state index in [-0.39, 0.29) is 12.6 Å². The number of carbonyl (C=O) groups is 1. The van der Waals surface area contributed by atoms with Crippen molar-refractivity contribution in [2.24, 2.45) is 0 Å². The van der Waals surface area contributed by atoms with Crippen LogP contribution < -0.4 is 4.74 Å². The van der Waals surface area contributed by atoms with Crippen molar-refractivity contribution in [1.29, 1.82) is 0 Å². The van der Waals surface area contributed by atoms with Gasteiger partial charge < -0.3 is 14.2 Å². The molecular weight excluding hydrogens is 252 g/mol. The lowest BCUT2D eigenvalue weighted by atomic mass is 10.3. The summed E-state index contributed by atoms with van der Waals surface area (Å²) in [6.45, 7) is 1.61. The molecule has 1 aromatic rings. The highest BCUT2D eigenvalue weighted by molar-refractivity contribution is 7.80. The number of para-hydroxylation sites is 1. The van der Waals surface area contributed by atoms with Crippen LogP contribution in [0, 0.1) is 0 Å². The molecule has 0 radical (unpaired) electrons. The maximum Gasteiger partial charge on any atom is 0.306 e. The number of hydrogen-bond donors (Lipinski definition) is 1. The number of thiol groups is 1. The average molecular weight is 270 g/mol. The Balaban J connectivity index is 1.92. The van der Waals surface area contributed by atoms with E-state index >= 15 is 0 Å². The highest BCUT2D eigenvalue weighted by Gasteiger charge is 2.00. The minimum absolute atomic E-state index is 0.242. The zero-order valence-corrected chi connectivity index (χ0v) is 11.1. The summed E-state index contributed by atoms with van der Waals surface area (Å²) in [7, 11) is 0. The summed E-state index contributed by atoms with van der Waals surface area (Å²) in [6.07, 6.45) is 0.334. The lowest BCUT2D eigenvalue weighted by Crippen LogP contribution is -2.13. The minimum atomic E-state index is -0.242. The van der Waals surface area contributed by atoms with Crippen LogP contribution in [0.3, 0.4) is 0 Å². The fourth-order valence-corrected chi connectivity index (χ4v) is 1.40. The topological polar surface area (TPSA) is 44.8 Å². The average Bonchev–Trinajstić information content (AvgIpc) is 2.39. The maximum atomic E-state index is 11.0. The molecule has 0 aliphatic carbocycles. The van der Waals surface area contributed by atoms with Gasteiger partial charge >= 0.3 is 5.97 Å². The third-order valence-corrected chi connectivity index (χ3v) is 2.27. The molecule has 0 atom stereocenters. The molecule has 1 aromatic carbocycles. The van der Waals surface area contributed by atoms with E-state index in [4.69, 9.17) is 14.2 Å². The van der Waals surface area contributed by atoms with Gasteiger partial charge in [0.05, 0.1) is 19.6 Å². The largest absolute Gasteiger partial charge is 0.491 e. The normalized spacial score (nSPS) is 10.1. The quantitative estimate of drug-likeness (QED) is 0.423.